The van der Waals surface area contributed by atoms with Gasteiger partial charge >= 0.3 is 5.97 Å². The number of likely N-dealkylation sites (N-methyl/N-ethyl adjacent to an activating group) is 1. The third-order valence-corrected chi connectivity index (χ3v) is 4.12. The quantitative estimate of drug-likeness (QED) is 0.537. The molecule has 1 aliphatic carbocycles. The lowest BCUT2D eigenvalue weighted by Gasteiger charge is -2.17. The van der Waals surface area contributed by atoms with Crippen LogP contribution in [-0.2, 0) is 0 Å². The fourth-order valence-electron chi connectivity index (χ4n) is 2.72. The Bertz CT molecular complexity index is 922. The van der Waals surface area contributed by atoms with Gasteiger partial charge < -0.3 is 25.5 Å². The van der Waals surface area contributed by atoms with Crippen molar-refractivity contribution in [3.8, 4) is 5.75 Å². The number of carbonyl (C=O) groups is 1. The summed E-state index contributed by atoms with van der Waals surface area (Å²) in [4.78, 5) is 23.7. The Hall–Kier alpha value is -2.68. The summed E-state index contributed by atoms with van der Waals surface area (Å²) in [6.45, 7) is 0.348. The van der Waals surface area contributed by atoms with Gasteiger partial charge in [-0.25, -0.2) is 13.6 Å². The zero-order chi connectivity index (χ0) is 18.3. The first-order chi connectivity index (χ1) is 11.9. The van der Waals surface area contributed by atoms with Crippen LogP contribution in [0.15, 0.2) is 11.0 Å². The molecule has 4 N–H and O–H groups in total. The number of carboxylic acids is 1. The summed E-state index contributed by atoms with van der Waals surface area (Å²) >= 11 is 0. The molecule has 0 spiro atoms. The van der Waals surface area contributed by atoms with Gasteiger partial charge in [-0.2, -0.15) is 0 Å². The minimum absolute atomic E-state index is 0.00381. The minimum Gasteiger partial charge on any atom is -0.486 e. The van der Waals surface area contributed by atoms with Crippen LogP contribution in [0.1, 0.15) is 29.2 Å². The van der Waals surface area contributed by atoms with Gasteiger partial charge in [0, 0.05) is 18.8 Å². The summed E-state index contributed by atoms with van der Waals surface area (Å²) in [6, 6.07) is -0.161. The van der Waals surface area contributed by atoms with Gasteiger partial charge in [-0.1, -0.05) is 0 Å². The van der Waals surface area contributed by atoms with E-state index in [1.54, 1.807) is 7.05 Å². The summed E-state index contributed by atoms with van der Waals surface area (Å²) in [5, 5.41) is 11.5. The highest BCUT2D eigenvalue weighted by Crippen LogP contribution is 2.41. The van der Waals surface area contributed by atoms with Gasteiger partial charge in [-0.3, -0.25) is 4.79 Å². The van der Waals surface area contributed by atoms with Crippen LogP contribution in [0.25, 0.3) is 10.9 Å². The van der Waals surface area contributed by atoms with Crippen molar-refractivity contribution in [3.05, 3.63) is 33.6 Å². The molecule has 0 aliphatic heterocycles. The molecule has 0 atom stereocenters. The fraction of sp³-hybridized carbons (Fsp3) is 0.375. The smallest absolute Gasteiger partial charge is 0.341 e. The van der Waals surface area contributed by atoms with Crippen LogP contribution in [0.2, 0.25) is 0 Å². The van der Waals surface area contributed by atoms with Crippen molar-refractivity contribution in [2.45, 2.75) is 18.9 Å². The van der Waals surface area contributed by atoms with E-state index in [2.05, 4.69) is 5.32 Å². The van der Waals surface area contributed by atoms with E-state index in [-0.39, 0.29) is 18.2 Å². The topological polar surface area (TPSA) is 107 Å². The SMILES string of the molecule is CNCCOc1c(F)c(N)c2c(=O)c(C(=O)O)cn(C3CC3)c2c1F. The first kappa shape index (κ1) is 17.2. The molecule has 1 heterocycles. The molecule has 1 aromatic carbocycles. The van der Waals surface area contributed by atoms with Crippen LogP contribution in [0, 0.1) is 11.6 Å². The van der Waals surface area contributed by atoms with Crippen molar-refractivity contribution in [2.75, 3.05) is 25.9 Å². The third kappa shape index (κ3) is 2.80. The van der Waals surface area contributed by atoms with E-state index >= 15 is 0 Å². The van der Waals surface area contributed by atoms with E-state index in [0.29, 0.717) is 19.4 Å². The van der Waals surface area contributed by atoms with E-state index in [4.69, 9.17) is 10.5 Å². The number of hydrogen-bond acceptors (Lipinski definition) is 5. The predicted molar refractivity (Wildman–Crippen MR) is 87.2 cm³/mol. The van der Waals surface area contributed by atoms with E-state index < -0.39 is 45.4 Å². The maximum Gasteiger partial charge on any atom is 0.341 e. The molecule has 1 saturated carbocycles. The Kier molecular flexibility index (Phi) is 4.34. The van der Waals surface area contributed by atoms with E-state index in [1.807, 2.05) is 0 Å². The number of nitrogens with zero attached hydrogens (tertiary/aromatic N) is 1. The molecule has 1 fully saturated rings. The van der Waals surface area contributed by atoms with Crippen LogP contribution < -0.4 is 21.2 Å². The molecule has 25 heavy (non-hydrogen) atoms. The molecular formula is C16H17F2N3O4. The molecule has 2 aromatic rings. The number of ether oxygens (including phenoxy) is 1. The Morgan fingerprint density at radius 3 is 2.68 bits per heavy atom. The summed E-state index contributed by atoms with van der Waals surface area (Å²) < 4.78 is 35.9. The largest absolute Gasteiger partial charge is 0.486 e. The number of carboxylic acid groups (broad SMARTS) is 1. The second kappa shape index (κ2) is 6.32. The Morgan fingerprint density at radius 2 is 2.12 bits per heavy atom. The molecule has 1 aromatic heterocycles. The summed E-state index contributed by atoms with van der Waals surface area (Å²) in [6.07, 6.45) is 2.48. The summed E-state index contributed by atoms with van der Waals surface area (Å²) in [7, 11) is 1.66. The zero-order valence-corrected chi connectivity index (χ0v) is 13.4. The number of rotatable bonds is 6. The lowest BCUT2D eigenvalue weighted by Crippen LogP contribution is -2.22. The average Bonchev–Trinajstić information content (AvgIpc) is 3.40. The van der Waals surface area contributed by atoms with Crippen molar-refractivity contribution in [3.63, 3.8) is 0 Å². The third-order valence-electron chi connectivity index (χ3n) is 4.12. The van der Waals surface area contributed by atoms with Crippen molar-refractivity contribution in [1.29, 1.82) is 0 Å². The van der Waals surface area contributed by atoms with Gasteiger partial charge in [0.1, 0.15) is 12.2 Å². The van der Waals surface area contributed by atoms with Crippen molar-refractivity contribution >= 4 is 22.6 Å². The highest BCUT2D eigenvalue weighted by atomic mass is 19.1. The molecule has 134 valence electrons. The van der Waals surface area contributed by atoms with Gasteiger partial charge in [0.25, 0.3) is 0 Å². The number of nitrogens with two attached hydrogens (primary N) is 1. The lowest BCUT2D eigenvalue weighted by molar-refractivity contribution is 0.0695. The lowest BCUT2D eigenvalue weighted by atomic mass is 10.1. The number of halogens is 2. The number of anilines is 1. The number of fused-ring (bicyclic) bond motifs is 1. The fourth-order valence-corrected chi connectivity index (χ4v) is 2.72. The molecule has 9 heteroatoms. The molecule has 0 bridgehead atoms. The number of aromatic nitrogens is 1. The molecule has 0 radical (unpaired) electrons. The monoisotopic (exact) mass is 353 g/mol. The first-order valence-corrected chi connectivity index (χ1v) is 7.74. The van der Waals surface area contributed by atoms with Crippen LogP contribution in [0.5, 0.6) is 5.75 Å². The highest BCUT2D eigenvalue weighted by Gasteiger charge is 2.32. The second-order valence-electron chi connectivity index (χ2n) is 5.86. The van der Waals surface area contributed by atoms with Gasteiger partial charge in [-0.15, -0.1) is 0 Å². The maximum absolute atomic E-state index is 15.0. The van der Waals surface area contributed by atoms with Crippen molar-refractivity contribution < 1.29 is 23.4 Å². The second-order valence-corrected chi connectivity index (χ2v) is 5.86. The Balaban J connectivity index is 2.35. The number of nitrogen functional groups attached to an aromatic ring is 1. The molecule has 3 rings (SSSR count). The number of pyridine rings is 1. The zero-order valence-electron chi connectivity index (χ0n) is 13.4. The molecule has 0 saturated heterocycles. The Morgan fingerprint density at radius 1 is 1.44 bits per heavy atom. The van der Waals surface area contributed by atoms with Gasteiger partial charge in [0.15, 0.2) is 17.4 Å². The van der Waals surface area contributed by atoms with Crippen molar-refractivity contribution in [1.82, 2.24) is 9.88 Å². The van der Waals surface area contributed by atoms with Crippen LogP contribution in [0.3, 0.4) is 0 Å². The Labute approximate surface area is 141 Å². The standard InChI is InChI=1S/C16H17F2N3O4/c1-20-4-5-25-15-10(17)12(19)9-13(11(15)18)21(7-2-3-7)6-8(14(9)22)16(23)24/h6-7,20H,2-5,19H2,1H3,(H,23,24). The van der Waals surface area contributed by atoms with E-state index in [1.165, 1.54) is 4.57 Å². The van der Waals surface area contributed by atoms with Crippen molar-refractivity contribution in [2.24, 2.45) is 0 Å². The number of hydrogen-bond donors (Lipinski definition) is 3. The highest BCUT2D eigenvalue weighted by molar-refractivity contribution is 5.98. The molecule has 0 amide bonds. The number of aromatic carboxylic acids is 1. The maximum atomic E-state index is 15.0. The van der Waals surface area contributed by atoms with Gasteiger partial charge in [0.05, 0.1) is 16.6 Å². The van der Waals surface area contributed by atoms with Crippen LogP contribution in [0.4, 0.5) is 14.5 Å². The summed E-state index contributed by atoms with van der Waals surface area (Å²) in [5.41, 5.74) is 3.28. The average molecular weight is 353 g/mol. The van der Waals surface area contributed by atoms with E-state index in [0.717, 1.165) is 6.20 Å². The molecule has 7 nitrogen and oxygen atoms in total. The normalized spacial score (nSPS) is 14.0. The van der Waals surface area contributed by atoms with Gasteiger partial charge in [-0.05, 0) is 19.9 Å². The first-order valence-electron chi connectivity index (χ1n) is 7.74. The van der Waals surface area contributed by atoms with Crippen LogP contribution >= 0.6 is 0 Å². The molecule has 1 aliphatic rings. The van der Waals surface area contributed by atoms with E-state index in [9.17, 15) is 23.5 Å². The number of benzene rings is 1. The summed E-state index contributed by atoms with van der Waals surface area (Å²) in [5.74, 6) is -4.41. The van der Waals surface area contributed by atoms with Crippen LogP contribution in [-0.4, -0.2) is 35.8 Å². The predicted octanol–water partition coefficient (Wildman–Crippen LogP) is 1.49. The molecule has 0 unspecified atom stereocenters. The number of nitrogens with one attached hydrogen (secondary N) is 1. The minimum atomic E-state index is -1.48. The molecular weight excluding hydrogens is 336 g/mol. The van der Waals surface area contributed by atoms with Gasteiger partial charge in [0.2, 0.25) is 5.43 Å².